The molecule has 0 aliphatic heterocycles. The van der Waals surface area contributed by atoms with Crippen molar-refractivity contribution in [3.05, 3.63) is 24.7 Å². The smallest absolute Gasteiger partial charge is 0.152 e. The van der Waals surface area contributed by atoms with Crippen LogP contribution in [-0.2, 0) is 0 Å². The van der Waals surface area contributed by atoms with Crippen LogP contribution < -0.4 is 5.32 Å². The predicted octanol–water partition coefficient (Wildman–Crippen LogP) is 2.82. The van der Waals surface area contributed by atoms with Crippen molar-refractivity contribution in [1.29, 1.82) is 0 Å². The summed E-state index contributed by atoms with van der Waals surface area (Å²) < 4.78 is 2.25. The third kappa shape index (κ3) is 2.07. The standard InChI is InChI=1S/C13H18N4S/c1-18-13(5-2-3-6-13)10-15-12-11-4-7-16-17(11)9-8-14-12/h4,7-9H,2-3,5-6,10H2,1H3,(H,14,15). The van der Waals surface area contributed by atoms with Crippen LogP contribution in [0.15, 0.2) is 24.7 Å². The van der Waals surface area contributed by atoms with Crippen LogP contribution in [-0.4, -0.2) is 32.1 Å². The van der Waals surface area contributed by atoms with E-state index in [9.17, 15) is 0 Å². The van der Waals surface area contributed by atoms with Crippen molar-refractivity contribution in [2.45, 2.75) is 30.4 Å². The molecule has 0 spiro atoms. The number of fused-ring (bicyclic) bond motifs is 1. The molecule has 1 fully saturated rings. The fraction of sp³-hybridized carbons (Fsp3) is 0.538. The van der Waals surface area contributed by atoms with Crippen molar-refractivity contribution in [2.24, 2.45) is 0 Å². The molecule has 1 N–H and O–H groups in total. The molecule has 0 aromatic carbocycles. The number of rotatable bonds is 4. The van der Waals surface area contributed by atoms with E-state index < -0.39 is 0 Å². The number of aromatic nitrogens is 3. The van der Waals surface area contributed by atoms with E-state index >= 15 is 0 Å². The lowest BCUT2D eigenvalue weighted by Gasteiger charge is -2.27. The SMILES string of the molecule is CSC1(CNc2nccn3nccc23)CCCC1. The van der Waals surface area contributed by atoms with Crippen molar-refractivity contribution >= 4 is 23.1 Å². The van der Waals surface area contributed by atoms with Crippen molar-refractivity contribution in [3.8, 4) is 0 Å². The normalized spacial score (nSPS) is 18.3. The molecule has 1 aliphatic rings. The summed E-state index contributed by atoms with van der Waals surface area (Å²) in [5.74, 6) is 0.940. The molecule has 2 heterocycles. The van der Waals surface area contributed by atoms with E-state index in [1.807, 2.05) is 34.7 Å². The minimum Gasteiger partial charge on any atom is -0.367 e. The van der Waals surface area contributed by atoms with Gasteiger partial charge in [0.15, 0.2) is 5.82 Å². The van der Waals surface area contributed by atoms with Gasteiger partial charge in [-0.1, -0.05) is 12.8 Å². The molecule has 0 amide bonds. The van der Waals surface area contributed by atoms with E-state index in [2.05, 4.69) is 21.7 Å². The topological polar surface area (TPSA) is 42.2 Å². The number of nitrogens with zero attached hydrogens (tertiary/aromatic N) is 3. The second-order valence-corrected chi connectivity index (χ2v) is 6.16. The quantitative estimate of drug-likeness (QED) is 0.920. The second kappa shape index (κ2) is 4.80. The highest BCUT2D eigenvalue weighted by Crippen LogP contribution is 2.40. The fourth-order valence-electron chi connectivity index (χ4n) is 2.71. The van der Waals surface area contributed by atoms with Crippen LogP contribution in [0.4, 0.5) is 5.82 Å². The lowest BCUT2D eigenvalue weighted by molar-refractivity contribution is 0.638. The maximum Gasteiger partial charge on any atom is 0.152 e. The summed E-state index contributed by atoms with van der Waals surface area (Å²) in [4.78, 5) is 4.42. The molecular formula is C13H18N4S. The van der Waals surface area contributed by atoms with Crippen LogP contribution in [0.5, 0.6) is 0 Å². The molecule has 0 unspecified atom stereocenters. The summed E-state index contributed by atoms with van der Waals surface area (Å²) in [7, 11) is 0. The lowest BCUT2D eigenvalue weighted by Crippen LogP contribution is -2.30. The zero-order valence-electron chi connectivity index (χ0n) is 10.6. The van der Waals surface area contributed by atoms with Crippen molar-refractivity contribution in [3.63, 3.8) is 0 Å². The zero-order valence-corrected chi connectivity index (χ0v) is 11.4. The van der Waals surface area contributed by atoms with Crippen LogP contribution in [0.25, 0.3) is 5.52 Å². The van der Waals surface area contributed by atoms with Gasteiger partial charge in [-0.2, -0.15) is 16.9 Å². The molecule has 5 heteroatoms. The molecule has 2 aromatic rings. The highest BCUT2D eigenvalue weighted by molar-refractivity contribution is 8.00. The monoisotopic (exact) mass is 262 g/mol. The van der Waals surface area contributed by atoms with Crippen LogP contribution in [0, 0.1) is 0 Å². The molecule has 3 rings (SSSR count). The van der Waals surface area contributed by atoms with Gasteiger partial charge >= 0.3 is 0 Å². The van der Waals surface area contributed by atoms with Gasteiger partial charge in [-0.3, -0.25) is 0 Å². The Kier molecular flexibility index (Phi) is 3.16. The highest BCUT2D eigenvalue weighted by Gasteiger charge is 2.32. The van der Waals surface area contributed by atoms with E-state index in [1.54, 1.807) is 6.20 Å². The van der Waals surface area contributed by atoms with Gasteiger partial charge < -0.3 is 5.32 Å². The summed E-state index contributed by atoms with van der Waals surface area (Å²) in [5.41, 5.74) is 1.05. The van der Waals surface area contributed by atoms with Crippen molar-refractivity contribution < 1.29 is 0 Å². The van der Waals surface area contributed by atoms with Gasteiger partial charge in [0.2, 0.25) is 0 Å². The zero-order chi connectivity index (χ0) is 12.4. The van der Waals surface area contributed by atoms with E-state index in [1.165, 1.54) is 25.7 Å². The predicted molar refractivity (Wildman–Crippen MR) is 76.2 cm³/mol. The third-order valence-corrected chi connectivity index (χ3v) is 5.27. The number of hydrogen-bond acceptors (Lipinski definition) is 4. The summed E-state index contributed by atoms with van der Waals surface area (Å²) in [5, 5.41) is 7.74. The van der Waals surface area contributed by atoms with Gasteiger partial charge in [0.05, 0.1) is 6.20 Å². The first-order valence-corrected chi connectivity index (χ1v) is 7.63. The molecular weight excluding hydrogens is 244 g/mol. The first kappa shape index (κ1) is 11.8. The van der Waals surface area contributed by atoms with Crippen LogP contribution in [0.1, 0.15) is 25.7 Å². The Hall–Kier alpha value is -1.23. The third-order valence-electron chi connectivity index (χ3n) is 3.85. The minimum absolute atomic E-state index is 0.397. The Morgan fingerprint density at radius 2 is 2.22 bits per heavy atom. The molecule has 0 radical (unpaired) electrons. The Balaban J connectivity index is 1.78. The van der Waals surface area contributed by atoms with Crippen LogP contribution >= 0.6 is 11.8 Å². The Labute approximate surface area is 111 Å². The summed E-state index contributed by atoms with van der Waals surface area (Å²) in [6.45, 7) is 0.992. The average molecular weight is 262 g/mol. The number of thioether (sulfide) groups is 1. The number of nitrogens with one attached hydrogen (secondary N) is 1. The van der Waals surface area contributed by atoms with E-state index in [-0.39, 0.29) is 0 Å². The first-order valence-electron chi connectivity index (χ1n) is 6.40. The van der Waals surface area contributed by atoms with Gasteiger partial charge in [-0.05, 0) is 25.2 Å². The minimum atomic E-state index is 0.397. The van der Waals surface area contributed by atoms with E-state index in [4.69, 9.17) is 0 Å². The van der Waals surface area contributed by atoms with Gasteiger partial charge in [-0.25, -0.2) is 9.50 Å². The van der Waals surface area contributed by atoms with Gasteiger partial charge in [0, 0.05) is 23.7 Å². The Morgan fingerprint density at radius 3 is 3.00 bits per heavy atom. The number of anilines is 1. The fourth-order valence-corrected chi connectivity index (χ4v) is 3.62. The Morgan fingerprint density at radius 1 is 1.39 bits per heavy atom. The molecule has 0 saturated heterocycles. The second-order valence-electron chi connectivity index (χ2n) is 4.88. The van der Waals surface area contributed by atoms with Crippen LogP contribution in [0.2, 0.25) is 0 Å². The van der Waals surface area contributed by atoms with Gasteiger partial charge in [0.1, 0.15) is 5.52 Å². The maximum absolute atomic E-state index is 4.42. The molecule has 0 bridgehead atoms. The summed E-state index contributed by atoms with van der Waals surface area (Å²) >= 11 is 1.99. The van der Waals surface area contributed by atoms with E-state index in [0.29, 0.717) is 4.75 Å². The average Bonchev–Trinajstić information content (AvgIpc) is 3.06. The maximum atomic E-state index is 4.42. The molecule has 0 atom stereocenters. The Bertz CT molecular complexity index is 531. The summed E-state index contributed by atoms with van der Waals surface area (Å²) in [6.07, 6.45) is 13.0. The molecule has 1 saturated carbocycles. The van der Waals surface area contributed by atoms with E-state index in [0.717, 1.165) is 17.9 Å². The number of hydrogen-bond donors (Lipinski definition) is 1. The van der Waals surface area contributed by atoms with Crippen LogP contribution in [0.3, 0.4) is 0 Å². The first-order chi connectivity index (χ1) is 8.83. The highest BCUT2D eigenvalue weighted by atomic mass is 32.2. The lowest BCUT2D eigenvalue weighted by atomic mass is 10.1. The summed E-state index contributed by atoms with van der Waals surface area (Å²) in [6, 6.07) is 2.00. The molecule has 96 valence electrons. The van der Waals surface area contributed by atoms with Gasteiger partial charge in [-0.15, -0.1) is 0 Å². The molecule has 18 heavy (non-hydrogen) atoms. The van der Waals surface area contributed by atoms with Crippen molar-refractivity contribution in [2.75, 3.05) is 18.1 Å². The largest absolute Gasteiger partial charge is 0.367 e. The molecule has 2 aromatic heterocycles. The van der Waals surface area contributed by atoms with Gasteiger partial charge in [0.25, 0.3) is 0 Å². The van der Waals surface area contributed by atoms with Crippen molar-refractivity contribution in [1.82, 2.24) is 14.6 Å². The molecule has 1 aliphatic carbocycles. The molecule has 4 nitrogen and oxygen atoms in total.